The van der Waals surface area contributed by atoms with Crippen LogP contribution in [0.5, 0.6) is 0 Å². The fourth-order valence-electron chi connectivity index (χ4n) is 1.82. The van der Waals surface area contributed by atoms with Crippen molar-refractivity contribution in [2.75, 3.05) is 6.61 Å². The second kappa shape index (κ2) is 1.96. The quantitative estimate of drug-likeness (QED) is 0.536. The minimum Gasteiger partial charge on any atom is -0.347 e. The highest BCUT2D eigenvalue weighted by Crippen LogP contribution is 2.43. The van der Waals surface area contributed by atoms with E-state index in [1.54, 1.807) is 6.92 Å². The highest BCUT2D eigenvalue weighted by atomic mass is 19.1. The first kappa shape index (κ1) is 7.50. The van der Waals surface area contributed by atoms with E-state index in [2.05, 4.69) is 0 Å². The zero-order chi connectivity index (χ0) is 8.11. The van der Waals surface area contributed by atoms with Crippen molar-refractivity contribution in [3.05, 3.63) is 0 Å². The summed E-state index contributed by atoms with van der Waals surface area (Å²) in [4.78, 5) is 0. The van der Waals surface area contributed by atoms with Crippen LogP contribution in [0, 0.1) is 0 Å². The third-order valence-electron chi connectivity index (χ3n) is 2.63. The Hall–Kier alpha value is -0.150. The average Bonchev–Trinajstić information content (AvgIpc) is 2.20. The lowest BCUT2D eigenvalue weighted by Crippen LogP contribution is -2.45. The number of hydrogen-bond acceptors (Lipinski definition) is 2. The van der Waals surface area contributed by atoms with Crippen molar-refractivity contribution in [3.8, 4) is 0 Å². The van der Waals surface area contributed by atoms with Gasteiger partial charge in [-0.15, -0.1) is 0 Å². The normalized spacial score (nSPS) is 56.5. The van der Waals surface area contributed by atoms with Crippen molar-refractivity contribution in [3.63, 3.8) is 0 Å². The first-order valence-corrected chi connectivity index (χ1v) is 4.02. The smallest absolute Gasteiger partial charge is 0.166 e. The third-order valence-corrected chi connectivity index (χ3v) is 2.63. The summed E-state index contributed by atoms with van der Waals surface area (Å²) in [6.45, 7) is 4.05. The van der Waals surface area contributed by atoms with Crippen LogP contribution in [0.1, 0.15) is 26.7 Å². The lowest BCUT2D eigenvalue weighted by atomic mass is 9.93. The number of hydrogen-bond donors (Lipinski definition) is 0. The molecule has 2 nitrogen and oxygen atoms in total. The molecule has 0 aromatic carbocycles. The monoisotopic (exact) mass is 160 g/mol. The van der Waals surface area contributed by atoms with Crippen molar-refractivity contribution >= 4 is 0 Å². The molecule has 2 aliphatic heterocycles. The Balaban J connectivity index is 2.23. The van der Waals surface area contributed by atoms with E-state index in [1.165, 1.54) is 0 Å². The minimum atomic E-state index is -0.863. The molecule has 3 atom stereocenters. The van der Waals surface area contributed by atoms with Crippen LogP contribution in [0.3, 0.4) is 0 Å². The van der Waals surface area contributed by atoms with E-state index < -0.39 is 17.6 Å². The largest absolute Gasteiger partial charge is 0.347 e. The van der Waals surface area contributed by atoms with E-state index in [9.17, 15) is 4.39 Å². The SMILES string of the molecule is C[C@@]12CC[C@@H](F)[C@@](C)(CO1)O2. The van der Waals surface area contributed by atoms with Crippen LogP contribution in [0.25, 0.3) is 0 Å². The van der Waals surface area contributed by atoms with Crippen LogP contribution in [0.4, 0.5) is 4.39 Å². The van der Waals surface area contributed by atoms with E-state index in [0.29, 0.717) is 19.4 Å². The molecule has 0 amide bonds. The second-order valence-corrected chi connectivity index (χ2v) is 3.84. The standard InChI is InChI=1S/C8H13FO2/c1-7-5-10-8(2,11-7)4-3-6(7)9/h6H,3-5H2,1-2H3/t6-,7-,8-/m1/s1. The van der Waals surface area contributed by atoms with Crippen molar-refractivity contribution < 1.29 is 13.9 Å². The van der Waals surface area contributed by atoms with Gasteiger partial charge in [0.15, 0.2) is 5.79 Å². The fraction of sp³-hybridized carbons (Fsp3) is 1.00. The van der Waals surface area contributed by atoms with E-state index in [1.807, 2.05) is 6.92 Å². The summed E-state index contributed by atoms with van der Waals surface area (Å²) in [6, 6.07) is 0. The molecular weight excluding hydrogens is 147 g/mol. The Kier molecular flexibility index (Phi) is 1.33. The molecule has 0 spiro atoms. The van der Waals surface area contributed by atoms with Gasteiger partial charge >= 0.3 is 0 Å². The molecule has 2 bridgehead atoms. The minimum absolute atomic E-state index is 0.394. The lowest BCUT2D eigenvalue weighted by Gasteiger charge is -2.35. The van der Waals surface area contributed by atoms with Crippen LogP contribution >= 0.6 is 0 Å². The Morgan fingerprint density at radius 2 is 2.18 bits per heavy atom. The van der Waals surface area contributed by atoms with Crippen LogP contribution in [0.15, 0.2) is 0 Å². The first-order chi connectivity index (χ1) is 5.04. The van der Waals surface area contributed by atoms with E-state index in [0.717, 1.165) is 0 Å². The van der Waals surface area contributed by atoms with Gasteiger partial charge in [0, 0.05) is 6.42 Å². The van der Waals surface area contributed by atoms with Crippen LogP contribution in [-0.2, 0) is 9.47 Å². The van der Waals surface area contributed by atoms with E-state index in [-0.39, 0.29) is 0 Å². The number of ether oxygens (including phenoxy) is 2. The molecule has 11 heavy (non-hydrogen) atoms. The Labute approximate surface area is 65.7 Å². The number of alkyl halides is 1. The van der Waals surface area contributed by atoms with Gasteiger partial charge in [0.2, 0.25) is 0 Å². The van der Waals surface area contributed by atoms with E-state index >= 15 is 0 Å². The molecule has 64 valence electrons. The van der Waals surface area contributed by atoms with Crippen molar-refractivity contribution in [1.82, 2.24) is 0 Å². The van der Waals surface area contributed by atoms with Gasteiger partial charge in [-0.05, 0) is 20.3 Å². The molecule has 3 heteroatoms. The van der Waals surface area contributed by atoms with Gasteiger partial charge in [-0.3, -0.25) is 0 Å². The molecule has 2 fully saturated rings. The van der Waals surface area contributed by atoms with Crippen molar-refractivity contribution in [2.24, 2.45) is 0 Å². The second-order valence-electron chi connectivity index (χ2n) is 3.84. The fourth-order valence-corrected chi connectivity index (χ4v) is 1.82. The van der Waals surface area contributed by atoms with Gasteiger partial charge in [0.05, 0.1) is 6.61 Å². The van der Waals surface area contributed by atoms with Gasteiger partial charge in [-0.25, -0.2) is 4.39 Å². The number of rotatable bonds is 0. The molecule has 0 N–H and O–H groups in total. The summed E-state index contributed by atoms with van der Waals surface area (Å²) in [5.41, 5.74) is -0.674. The zero-order valence-electron chi connectivity index (χ0n) is 6.89. The molecule has 0 aliphatic carbocycles. The third kappa shape index (κ3) is 0.983. The summed E-state index contributed by atoms with van der Waals surface area (Å²) in [5.74, 6) is -0.503. The summed E-state index contributed by atoms with van der Waals surface area (Å²) in [7, 11) is 0. The van der Waals surface area contributed by atoms with Crippen molar-refractivity contribution in [1.29, 1.82) is 0 Å². The summed E-state index contributed by atoms with van der Waals surface area (Å²) in [5, 5.41) is 0. The van der Waals surface area contributed by atoms with Gasteiger partial charge in [-0.2, -0.15) is 0 Å². The van der Waals surface area contributed by atoms with Crippen LogP contribution in [0.2, 0.25) is 0 Å². The Morgan fingerprint density at radius 1 is 1.45 bits per heavy atom. The molecule has 0 saturated carbocycles. The maximum absolute atomic E-state index is 13.2. The molecule has 0 aromatic heterocycles. The molecular formula is C8H13FO2. The Bertz CT molecular complexity index is 181. The molecule has 2 saturated heterocycles. The molecule has 2 heterocycles. The lowest BCUT2D eigenvalue weighted by molar-refractivity contribution is -0.213. The first-order valence-electron chi connectivity index (χ1n) is 4.02. The van der Waals surface area contributed by atoms with Crippen LogP contribution < -0.4 is 0 Å². The Morgan fingerprint density at radius 3 is 2.82 bits per heavy atom. The van der Waals surface area contributed by atoms with Gasteiger partial charge in [0.25, 0.3) is 0 Å². The highest BCUT2D eigenvalue weighted by molar-refractivity contribution is 4.96. The number of fused-ring (bicyclic) bond motifs is 2. The van der Waals surface area contributed by atoms with Gasteiger partial charge < -0.3 is 9.47 Å². The van der Waals surface area contributed by atoms with Gasteiger partial charge in [0.1, 0.15) is 11.8 Å². The topological polar surface area (TPSA) is 18.5 Å². The predicted octanol–water partition coefficient (Wildman–Crippen LogP) is 1.64. The summed E-state index contributed by atoms with van der Waals surface area (Å²) in [6.07, 6.45) is 0.370. The van der Waals surface area contributed by atoms with Crippen molar-refractivity contribution in [2.45, 2.75) is 44.2 Å². The predicted molar refractivity (Wildman–Crippen MR) is 38.0 cm³/mol. The average molecular weight is 160 g/mol. The zero-order valence-corrected chi connectivity index (χ0v) is 6.89. The van der Waals surface area contributed by atoms with Gasteiger partial charge in [-0.1, -0.05) is 0 Å². The molecule has 2 rings (SSSR count). The maximum atomic E-state index is 13.2. The highest BCUT2D eigenvalue weighted by Gasteiger charge is 2.53. The summed E-state index contributed by atoms with van der Waals surface area (Å²) < 4.78 is 24.1. The molecule has 0 aromatic rings. The van der Waals surface area contributed by atoms with E-state index in [4.69, 9.17) is 9.47 Å². The molecule has 2 aliphatic rings. The number of halogens is 1. The molecule has 0 radical (unpaired) electrons. The molecule has 0 unspecified atom stereocenters. The maximum Gasteiger partial charge on any atom is 0.166 e. The summed E-state index contributed by atoms with van der Waals surface area (Å²) >= 11 is 0. The van der Waals surface area contributed by atoms with Crippen LogP contribution in [-0.4, -0.2) is 24.2 Å².